The average molecular weight is 339 g/mol. The predicted molar refractivity (Wildman–Crippen MR) is 95.4 cm³/mol. The number of aryl methyl sites for hydroxylation is 1. The number of piperidine rings is 1. The van der Waals surface area contributed by atoms with Crippen molar-refractivity contribution in [3.63, 3.8) is 0 Å². The van der Waals surface area contributed by atoms with E-state index < -0.39 is 5.60 Å². The molecule has 0 spiro atoms. The standard InChI is InChI=1S/C20H25N3O2/c1-22-13-10-21-19(22)20(25-2)8-11-23(12-9-20)18(24)17-5-3-4-16(14-17)15-6-7-15/h3-5,10,13-15H,6-9,11-12H2,1-2H3. The van der Waals surface area contributed by atoms with Crippen molar-refractivity contribution in [1.29, 1.82) is 0 Å². The molecule has 0 unspecified atom stereocenters. The molecule has 1 saturated heterocycles. The summed E-state index contributed by atoms with van der Waals surface area (Å²) < 4.78 is 7.89. The fourth-order valence-corrected chi connectivity index (χ4v) is 3.92. The third kappa shape index (κ3) is 2.97. The van der Waals surface area contributed by atoms with Crippen LogP contribution in [0.5, 0.6) is 0 Å². The summed E-state index contributed by atoms with van der Waals surface area (Å²) in [5.74, 6) is 1.74. The van der Waals surface area contributed by atoms with Gasteiger partial charge in [0.2, 0.25) is 0 Å². The van der Waals surface area contributed by atoms with E-state index in [1.165, 1.54) is 18.4 Å². The van der Waals surface area contributed by atoms with Gasteiger partial charge in [-0.25, -0.2) is 4.98 Å². The van der Waals surface area contributed by atoms with Gasteiger partial charge in [-0.05, 0) is 36.5 Å². The van der Waals surface area contributed by atoms with Crippen LogP contribution in [0.4, 0.5) is 0 Å². The number of rotatable bonds is 4. The van der Waals surface area contributed by atoms with E-state index in [9.17, 15) is 4.79 Å². The highest BCUT2D eigenvalue weighted by molar-refractivity contribution is 5.94. The molecule has 2 aliphatic rings. The van der Waals surface area contributed by atoms with Gasteiger partial charge in [-0.15, -0.1) is 0 Å². The maximum Gasteiger partial charge on any atom is 0.253 e. The Morgan fingerprint density at radius 1 is 1.28 bits per heavy atom. The molecule has 2 heterocycles. The fraction of sp³-hybridized carbons (Fsp3) is 0.500. The van der Waals surface area contributed by atoms with Gasteiger partial charge in [-0.1, -0.05) is 12.1 Å². The molecule has 5 heteroatoms. The van der Waals surface area contributed by atoms with E-state index in [0.717, 1.165) is 24.2 Å². The number of hydrogen-bond acceptors (Lipinski definition) is 3. The van der Waals surface area contributed by atoms with Gasteiger partial charge in [0.1, 0.15) is 11.4 Å². The van der Waals surface area contributed by atoms with Crippen LogP contribution in [0.15, 0.2) is 36.7 Å². The quantitative estimate of drug-likeness (QED) is 0.860. The largest absolute Gasteiger partial charge is 0.370 e. The Hall–Kier alpha value is -2.14. The van der Waals surface area contributed by atoms with Crippen molar-refractivity contribution in [1.82, 2.24) is 14.5 Å². The first-order valence-electron chi connectivity index (χ1n) is 9.05. The van der Waals surface area contributed by atoms with Crippen molar-refractivity contribution in [3.8, 4) is 0 Å². The van der Waals surface area contributed by atoms with E-state index >= 15 is 0 Å². The van der Waals surface area contributed by atoms with Gasteiger partial charge in [0.15, 0.2) is 0 Å². The molecule has 2 fully saturated rings. The second kappa shape index (κ2) is 6.30. The maximum absolute atomic E-state index is 12.9. The number of aromatic nitrogens is 2. The zero-order chi connectivity index (χ0) is 17.4. The SMILES string of the molecule is COC1(c2nccn2C)CCN(C(=O)c2cccc(C3CC3)c2)CC1. The lowest BCUT2D eigenvalue weighted by Gasteiger charge is -2.40. The first kappa shape index (κ1) is 16.3. The molecule has 1 saturated carbocycles. The number of ether oxygens (including phenoxy) is 1. The molecule has 1 aromatic heterocycles. The number of nitrogens with zero attached hydrogens (tertiary/aromatic N) is 3. The van der Waals surface area contributed by atoms with Crippen molar-refractivity contribution >= 4 is 5.91 Å². The molecule has 0 bridgehead atoms. The summed E-state index contributed by atoms with van der Waals surface area (Å²) in [5, 5.41) is 0. The molecule has 132 valence electrons. The van der Waals surface area contributed by atoms with Crippen LogP contribution in [0, 0.1) is 0 Å². The van der Waals surface area contributed by atoms with Gasteiger partial charge in [0.05, 0.1) is 0 Å². The normalized spacial score (nSPS) is 19.8. The lowest BCUT2D eigenvalue weighted by Crippen LogP contribution is -2.47. The molecule has 5 nitrogen and oxygen atoms in total. The van der Waals surface area contributed by atoms with Crippen molar-refractivity contribution < 1.29 is 9.53 Å². The zero-order valence-electron chi connectivity index (χ0n) is 14.9. The highest BCUT2D eigenvalue weighted by Crippen LogP contribution is 2.40. The predicted octanol–water partition coefficient (Wildman–Crippen LogP) is 3.08. The first-order valence-corrected chi connectivity index (χ1v) is 9.05. The minimum Gasteiger partial charge on any atom is -0.370 e. The molecular weight excluding hydrogens is 314 g/mol. The van der Waals surface area contributed by atoms with E-state index in [0.29, 0.717) is 19.0 Å². The Morgan fingerprint density at radius 3 is 2.64 bits per heavy atom. The summed E-state index contributed by atoms with van der Waals surface area (Å²) in [5.41, 5.74) is 1.72. The number of hydrogen-bond donors (Lipinski definition) is 0. The summed E-state index contributed by atoms with van der Waals surface area (Å²) in [6, 6.07) is 8.17. The number of methoxy groups -OCH3 is 1. The lowest BCUT2D eigenvalue weighted by atomic mass is 9.89. The second-order valence-electron chi connectivity index (χ2n) is 7.25. The van der Waals surface area contributed by atoms with Gasteiger partial charge in [0.25, 0.3) is 5.91 Å². The minimum absolute atomic E-state index is 0.132. The Labute approximate surface area is 148 Å². The molecule has 1 aliphatic heterocycles. The molecular formula is C20H25N3O2. The summed E-state index contributed by atoms with van der Waals surface area (Å²) in [4.78, 5) is 19.3. The second-order valence-corrected chi connectivity index (χ2v) is 7.25. The van der Waals surface area contributed by atoms with Gasteiger partial charge in [0, 0.05) is 58.0 Å². The molecule has 1 amide bonds. The first-order chi connectivity index (χ1) is 12.1. The summed E-state index contributed by atoms with van der Waals surface area (Å²) in [6.07, 6.45) is 7.78. The molecule has 1 aromatic carbocycles. The average Bonchev–Trinajstić information content (AvgIpc) is 3.42. The molecule has 0 atom stereocenters. The van der Waals surface area contributed by atoms with Crippen LogP contribution in [0.25, 0.3) is 0 Å². The summed E-state index contributed by atoms with van der Waals surface area (Å²) in [7, 11) is 3.73. The van der Waals surface area contributed by atoms with Gasteiger partial charge < -0.3 is 14.2 Å². The van der Waals surface area contributed by atoms with Crippen LogP contribution < -0.4 is 0 Å². The van der Waals surface area contributed by atoms with E-state index in [-0.39, 0.29) is 5.91 Å². The van der Waals surface area contributed by atoms with Crippen molar-refractivity contribution in [2.75, 3.05) is 20.2 Å². The van der Waals surface area contributed by atoms with Crippen LogP contribution in [0.1, 0.15) is 53.3 Å². The molecule has 0 N–H and O–H groups in total. The molecule has 25 heavy (non-hydrogen) atoms. The Balaban J connectivity index is 1.48. The third-order valence-electron chi connectivity index (χ3n) is 5.66. The number of carbonyl (C=O) groups is 1. The summed E-state index contributed by atoms with van der Waals surface area (Å²) in [6.45, 7) is 1.38. The molecule has 2 aromatic rings. The van der Waals surface area contributed by atoms with Gasteiger partial charge in [-0.3, -0.25) is 4.79 Å². The number of carbonyl (C=O) groups excluding carboxylic acids is 1. The highest BCUT2D eigenvalue weighted by atomic mass is 16.5. The third-order valence-corrected chi connectivity index (χ3v) is 5.66. The van der Waals surface area contributed by atoms with Gasteiger partial charge >= 0.3 is 0 Å². The number of amides is 1. The van der Waals surface area contributed by atoms with Crippen molar-refractivity contribution in [2.24, 2.45) is 7.05 Å². The van der Waals surface area contributed by atoms with E-state index in [1.54, 1.807) is 13.3 Å². The fourth-order valence-electron chi connectivity index (χ4n) is 3.92. The van der Waals surface area contributed by atoms with Crippen LogP contribution in [-0.4, -0.2) is 40.6 Å². The van der Waals surface area contributed by atoms with Crippen LogP contribution >= 0.6 is 0 Å². The summed E-state index contributed by atoms with van der Waals surface area (Å²) >= 11 is 0. The molecule has 1 aliphatic carbocycles. The van der Waals surface area contributed by atoms with Crippen molar-refractivity contribution in [3.05, 3.63) is 53.6 Å². The monoisotopic (exact) mass is 339 g/mol. The van der Waals surface area contributed by atoms with Crippen LogP contribution in [0.2, 0.25) is 0 Å². The topological polar surface area (TPSA) is 47.4 Å². The Kier molecular flexibility index (Phi) is 4.12. The van der Waals surface area contributed by atoms with Crippen molar-refractivity contribution in [2.45, 2.75) is 37.2 Å². The number of imidazole rings is 1. The zero-order valence-corrected chi connectivity index (χ0v) is 14.9. The Bertz CT molecular complexity index is 771. The smallest absolute Gasteiger partial charge is 0.253 e. The molecule has 0 radical (unpaired) electrons. The lowest BCUT2D eigenvalue weighted by molar-refractivity contribution is -0.0654. The minimum atomic E-state index is -0.398. The van der Waals surface area contributed by atoms with E-state index in [2.05, 4.69) is 17.1 Å². The van der Waals surface area contributed by atoms with Crippen LogP contribution in [-0.2, 0) is 17.4 Å². The van der Waals surface area contributed by atoms with E-state index in [4.69, 9.17) is 4.74 Å². The van der Waals surface area contributed by atoms with Crippen LogP contribution in [0.3, 0.4) is 0 Å². The van der Waals surface area contributed by atoms with Gasteiger partial charge in [-0.2, -0.15) is 0 Å². The highest BCUT2D eigenvalue weighted by Gasteiger charge is 2.40. The maximum atomic E-state index is 12.9. The van der Waals surface area contributed by atoms with E-state index in [1.807, 2.05) is 34.8 Å². The number of likely N-dealkylation sites (tertiary alicyclic amines) is 1. The number of benzene rings is 1. The molecule has 4 rings (SSSR count). The Morgan fingerprint density at radius 2 is 2.04 bits per heavy atom.